The molecular weight excluding hydrogens is 395 g/mol. The Bertz CT molecular complexity index is 858. The van der Waals surface area contributed by atoms with Crippen LogP contribution in [0.2, 0.25) is 0 Å². The molecule has 166 valence electrons. The van der Waals surface area contributed by atoms with Gasteiger partial charge >= 0.3 is 6.03 Å². The van der Waals surface area contributed by atoms with Crippen molar-refractivity contribution in [2.75, 3.05) is 31.5 Å². The Morgan fingerprint density at radius 2 is 1.68 bits per heavy atom. The summed E-state index contributed by atoms with van der Waals surface area (Å²) in [5, 5.41) is 5.63. The SMILES string of the molecule is CC(C)C(NC(=O)Nc1ccccc1)C(=O)N1CCCN(Cc2ccc(F)cc2)CC1. The quantitative estimate of drug-likeness (QED) is 0.740. The molecule has 1 heterocycles. The number of hydrogen-bond acceptors (Lipinski definition) is 3. The molecule has 0 aliphatic carbocycles. The molecule has 3 rings (SSSR count). The van der Waals surface area contributed by atoms with E-state index in [1.807, 2.05) is 36.9 Å². The molecule has 2 N–H and O–H groups in total. The number of urea groups is 1. The Hall–Kier alpha value is -2.93. The Labute approximate surface area is 183 Å². The fraction of sp³-hybridized carbons (Fsp3) is 0.417. The minimum absolute atomic E-state index is 0.0346. The van der Waals surface area contributed by atoms with Gasteiger partial charge < -0.3 is 15.5 Å². The van der Waals surface area contributed by atoms with Crippen molar-refractivity contribution in [1.82, 2.24) is 15.1 Å². The third-order valence-electron chi connectivity index (χ3n) is 5.47. The summed E-state index contributed by atoms with van der Waals surface area (Å²) in [5.41, 5.74) is 1.74. The number of benzene rings is 2. The average Bonchev–Trinajstić information content (AvgIpc) is 2.99. The first-order valence-electron chi connectivity index (χ1n) is 10.8. The van der Waals surface area contributed by atoms with Gasteiger partial charge in [-0.05, 0) is 42.2 Å². The van der Waals surface area contributed by atoms with Gasteiger partial charge in [0.1, 0.15) is 11.9 Å². The van der Waals surface area contributed by atoms with Crippen LogP contribution in [0.15, 0.2) is 54.6 Å². The molecule has 31 heavy (non-hydrogen) atoms. The van der Waals surface area contributed by atoms with Crippen LogP contribution in [-0.2, 0) is 11.3 Å². The smallest absolute Gasteiger partial charge is 0.319 e. The molecule has 6 nitrogen and oxygen atoms in total. The summed E-state index contributed by atoms with van der Waals surface area (Å²) in [6.45, 7) is 7.47. The van der Waals surface area contributed by atoms with Gasteiger partial charge in [-0.2, -0.15) is 0 Å². The van der Waals surface area contributed by atoms with Crippen LogP contribution in [0.25, 0.3) is 0 Å². The monoisotopic (exact) mass is 426 g/mol. The number of hydrogen-bond donors (Lipinski definition) is 2. The third-order valence-corrected chi connectivity index (χ3v) is 5.47. The Morgan fingerprint density at radius 1 is 0.968 bits per heavy atom. The molecular formula is C24H31FN4O2. The van der Waals surface area contributed by atoms with E-state index in [-0.39, 0.29) is 23.7 Å². The highest BCUT2D eigenvalue weighted by molar-refractivity contribution is 5.93. The van der Waals surface area contributed by atoms with Crippen LogP contribution in [0.3, 0.4) is 0 Å². The second-order valence-corrected chi connectivity index (χ2v) is 8.27. The first kappa shape index (κ1) is 22.7. The van der Waals surface area contributed by atoms with Gasteiger partial charge in [0.05, 0.1) is 0 Å². The summed E-state index contributed by atoms with van der Waals surface area (Å²) in [6.07, 6.45) is 0.855. The minimum Gasteiger partial charge on any atom is -0.340 e. The summed E-state index contributed by atoms with van der Waals surface area (Å²) in [6, 6.07) is 14.7. The number of halogens is 1. The van der Waals surface area contributed by atoms with Crippen LogP contribution in [0.4, 0.5) is 14.9 Å². The van der Waals surface area contributed by atoms with Crippen LogP contribution in [0, 0.1) is 11.7 Å². The zero-order chi connectivity index (χ0) is 22.2. The average molecular weight is 427 g/mol. The van der Waals surface area contributed by atoms with Gasteiger partial charge in [-0.3, -0.25) is 9.69 Å². The number of carbonyl (C=O) groups excluding carboxylic acids is 2. The molecule has 0 bridgehead atoms. The van der Waals surface area contributed by atoms with Crippen molar-refractivity contribution in [3.05, 3.63) is 66.0 Å². The summed E-state index contributed by atoms with van der Waals surface area (Å²) in [4.78, 5) is 29.8. The number of nitrogens with one attached hydrogen (secondary N) is 2. The molecule has 1 unspecified atom stereocenters. The number of nitrogens with zero attached hydrogens (tertiary/aromatic N) is 2. The van der Waals surface area contributed by atoms with Crippen LogP contribution in [0.1, 0.15) is 25.8 Å². The first-order chi connectivity index (χ1) is 14.9. The van der Waals surface area contributed by atoms with Crippen molar-refractivity contribution < 1.29 is 14.0 Å². The Balaban J connectivity index is 1.56. The van der Waals surface area contributed by atoms with E-state index < -0.39 is 6.04 Å². The number of carbonyl (C=O) groups is 2. The highest BCUT2D eigenvalue weighted by Gasteiger charge is 2.29. The zero-order valence-corrected chi connectivity index (χ0v) is 18.2. The first-order valence-corrected chi connectivity index (χ1v) is 10.8. The summed E-state index contributed by atoms with van der Waals surface area (Å²) < 4.78 is 13.1. The molecule has 1 aliphatic heterocycles. The molecule has 2 aromatic rings. The maximum Gasteiger partial charge on any atom is 0.319 e. The van der Waals surface area contributed by atoms with Crippen molar-refractivity contribution >= 4 is 17.6 Å². The van der Waals surface area contributed by atoms with Crippen LogP contribution in [0.5, 0.6) is 0 Å². The van der Waals surface area contributed by atoms with Gasteiger partial charge in [-0.15, -0.1) is 0 Å². The molecule has 0 spiro atoms. The maximum atomic E-state index is 13.2. The van der Waals surface area contributed by atoms with Gasteiger partial charge in [0.15, 0.2) is 0 Å². The largest absolute Gasteiger partial charge is 0.340 e. The van der Waals surface area contributed by atoms with Gasteiger partial charge in [-0.25, -0.2) is 9.18 Å². The van der Waals surface area contributed by atoms with Crippen molar-refractivity contribution in [3.8, 4) is 0 Å². The van der Waals surface area contributed by atoms with E-state index in [4.69, 9.17) is 0 Å². The van der Waals surface area contributed by atoms with Crippen LogP contribution in [-0.4, -0.2) is 54.0 Å². The van der Waals surface area contributed by atoms with E-state index in [0.717, 1.165) is 31.6 Å². The van der Waals surface area contributed by atoms with Crippen molar-refractivity contribution in [1.29, 1.82) is 0 Å². The molecule has 0 radical (unpaired) electrons. The minimum atomic E-state index is -0.590. The maximum absolute atomic E-state index is 13.2. The molecule has 1 atom stereocenters. The lowest BCUT2D eigenvalue weighted by molar-refractivity contribution is -0.134. The Kier molecular flexibility index (Phi) is 8.00. The molecule has 7 heteroatoms. The zero-order valence-electron chi connectivity index (χ0n) is 18.2. The molecule has 1 fully saturated rings. The topological polar surface area (TPSA) is 64.7 Å². The lowest BCUT2D eigenvalue weighted by atomic mass is 10.0. The molecule has 0 saturated carbocycles. The van der Waals surface area contributed by atoms with Crippen molar-refractivity contribution in [2.24, 2.45) is 5.92 Å². The van der Waals surface area contributed by atoms with E-state index in [9.17, 15) is 14.0 Å². The standard InChI is InChI=1S/C24H31FN4O2/c1-18(2)22(27-24(31)26-21-7-4-3-5-8-21)23(30)29-14-6-13-28(15-16-29)17-19-9-11-20(25)12-10-19/h3-5,7-12,18,22H,6,13-17H2,1-2H3,(H2,26,27,31). The number of anilines is 1. The fourth-order valence-corrected chi connectivity index (χ4v) is 3.74. The molecule has 0 aromatic heterocycles. The van der Waals surface area contributed by atoms with E-state index in [2.05, 4.69) is 15.5 Å². The molecule has 1 aliphatic rings. The van der Waals surface area contributed by atoms with Crippen LogP contribution < -0.4 is 10.6 Å². The van der Waals surface area contributed by atoms with Gasteiger partial charge in [0.25, 0.3) is 0 Å². The van der Waals surface area contributed by atoms with Crippen molar-refractivity contribution in [3.63, 3.8) is 0 Å². The summed E-state index contributed by atoms with van der Waals surface area (Å²) >= 11 is 0. The predicted octanol–water partition coefficient (Wildman–Crippen LogP) is 3.71. The Morgan fingerprint density at radius 3 is 2.35 bits per heavy atom. The van der Waals surface area contributed by atoms with E-state index in [1.165, 1.54) is 12.1 Å². The van der Waals surface area contributed by atoms with E-state index >= 15 is 0 Å². The summed E-state index contributed by atoms with van der Waals surface area (Å²) in [5.74, 6) is -0.325. The van der Waals surface area contributed by atoms with E-state index in [1.54, 1.807) is 24.3 Å². The predicted molar refractivity (Wildman–Crippen MR) is 120 cm³/mol. The van der Waals surface area contributed by atoms with Crippen molar-refractivity contribution in [2.45, 2.75) is 32.9 Å². The fourth-order valence-electron chi connectivity index (χ4n) is 3.74. The number of rotatable bonds is 6. The van der Waals surface area contributed by atoms with Gasteiger partial charge in [0.2, 0.25) is 5.91 Å². The molecule has 3 amide bonds. The molecule has 2 aromatic carbocycles. The number of para-hydroxylation sites is 1. The summed E-state index contributed by atoms with van der Waals surface area (Å²) in [7, 11) is 0. The second-order valence-electron chi connectivity index (χ2n) is 8.27. The highest BCUT2D eigenvalue weighted by Crippen LogP contribution is 2.13. The lowest BCUT2D eigenvalue weighted by Gasteiger charge is -2.29. The second kappa shape index (κ2) is 10.9. The van der Waals surface area contributed by atoms with Crippen LogP contribution >= 0.6 is 0 Å². The van der Waals surface area contributed by atoms with Gasteiger partial charge in [0, 0.05) is 38.4 Å². The lowest BCUT2D eigenvalue weighted by Crippen LogP contribution is -2.52. The third kappa shape index (κ3) is 6.79. The van der Waals surface area contributed by atoms with E-state index in [0.29, 0.717) is 18.8 Å². The highest BCUT2D eigenvalue weighted by atomic mass is 19.1. The van der Waals surface area contributed by atoms with Gasteiger partial charge in [-0.1, -0.05) is 44.2 Å². The molecule has 1 saturated heterocycles. The number of amides is 3. The normalized spacial score (nSPS) is 15.9.